The fraction of sp³-hybridized carbons (Fsp3) is 0.414. The Kier molecular flexibility index (Phi) is 6.80. The Balaban J connectivity index is 1.91. The Morgan fingerprint density at radius 3 is 2.50 bits per heavy atom. The summed E-state index contributed by atoms with van der Waals surface area (Å²) in [6.07, 6.45) is 5.60. The highest BCUT2D eigenvalue weighted by molar-refractivity contribution is 5.97. The van der Waals surface area contributed by atoms with Gasteiger partial charge in [-0.2, -0.15) is 0 Å². The summed E-state index contributed by atoms with van der Waals surface area (Å²) >= 11 is 0. The number of allylic oxidation sites excluding steroid dienone is 4. The highest BCUT2D eigenvalue weighted by Gasteiger charge is 2.38. The lowest BCUT2D eigenvalue weighted by molar-refractivity contribution is -0.0415. The molecule has 1 aliphatic rings. The largest absolute Gasteiger partial charge is 0.507 e. The van der Waals surface area contributed by atoms with Crippen LogP contribution in [0.1, 0.15) is 58.6 Å². The molecule has 1 aromatic heterocycles. The lowest BCUT2D eigenvalue weighted by Crippen LogP contribution is -2.46. The number of phenols is 2. The van der Waals surface area contributed by atoms with Gasteiger partial charge in [-0.15, -0.1) is 0 Å². The first kappa shape index (κ1) is 25.6. The van der Waals surface area contributed by atoms with E-state index >= 15 is 0 Å². The van der Waals surface area contributed by atoms with E-state index in [4.69, 9.17) is 13.9 Å². The Labute approximate surface area is 210 Å². The van der Waals surface area contributed by atoms with Crippen LogP contribution in [0.5, 0.6) is 23.0 Å². The number of aliphatic hydroxyl groups excluding tert-OH is 1. The predicted molar refractivity (Wildman–Crippen MR) is 140 cm³/mol. The Bertz CT molecular complexity index is 1450. The van der Waals surface area contributed by atoms with Crippen LogP contribution in [-0.4, -0.2) is 34.1 Å². The summed E-state index contributed by atoms with van der Waals surface area (Å²) in [5, 5.41) is 32.5. The number of phenolic OH excluding ortho intramolecular Hbond substituents is 2. The molecule has 0 spiro atoms. The van der Waals surface area contributed by atoms with Crippen LogP contribution in [0.3, 0.4) is 0 Å². The van der Waals surface area contributed by atoms with E-state index in [1.807, 2.05) is 13.0 Å². The molecule has 1 aliphatic heterocycles. The normalized spacial score (nSPS) is 17.1. The zero-order valence-corrected chi connectivity index (χ0v) is 21.7. The maximum absolute atomic E-state index is 13.8. The van der Waals surface area contributed by atoms with Gasteiger partial charge in [0.1, 0.15) is 33.7 Å². The molecule has 0 bridgehead atoms. The zero-order chi connectivity index (χ0) is 26.4. The standard InChI is InChI=1S/C29H34O7/c1-15(2)8-7-9-16(3)10-11-17-24-21(13-19(30)28(17)34-6)35-22-14-20-18(26(32)25(22)27(24)33)12-23(31)29(4,5)36-20/h8,10,13-14,23,30-32H,7,9,11-12H2,1-6H3/t23-/m1/s1. The summed E-state index contributed by atoms with van der Waals surface area (Å²) in [4.78, 5) is 13.8. The van der Waals surface area contributed by atoms with Crippen molar-refractivity contribution in [3.05, 3.63) is 56.8 Å². The van der Waals surface area contributed by atoms with Gasteiger partial charge in [-0.3, -0.25) is 4.79 Å². The first-order valence-electron chi connectivity index (χ1n) is 12.1. The molecular formula is C29H34O7. The van der Waals surface area contributed by atoms with Gasteiger partial charge in [-0.1, -0.05) is 23.3 Å². The van der Waals surface area contributed by atoms with E-state index in [0.717, 1.165) is 18.4 Å². The molecule has 0 saturated heterocycles. The number of hydrogen-bond donors (Lipinski definition) is 3. The molecule has 2 heterocycles. The van der Waals surface area contributed by atoms with E-state index < -0.39 is 17.1 Å². The van der Waals surface area contributed by atoms with E-state index in [-0.39, 0.29) is 45.6 Å². The third-order valence-electron chi connectivity index (χ3n) is 6.85. The SMILES string of the molecule is COc1c(O)cc2oc3cc4c(c(O)c3c(=O)c2c1CC=C(C)CCC=C(C)C)C[C@@H](O)C(C)(C)O4. The van der Waals surface area contributed by atoms with Gasteiger partial charge in [0, 0.05) is 29.7 Å². The van der Waals surface area contributed by atoms with Crippen molar-refractivity contribution >= 4 is 21.9 Å². The Morgan fingerprint density at radius 2 is 1.83 bits per heavy atom. The summed E-state index contributed by atoms with van der Waals surface area (Å²) < 4.78 is 17.4. The minimum atomic E-state index is -0.862. The van der Waals surface area contributed by atoms with Crippen LogP contribution in [0.25, 0.3) is 21.9 Å². The summed E-state index contributed by atoms with van der Waals surface area (Å²) in [7, 11) is 1.44. The smallest absolute Gasteiger partial charge is 0.204 e. The summed E-state index contributed by atoms with van der Waals surface area (Å²) in [5.74, 6) is 0.144. The van der Waals surface area contributed by atoms with Crippen LogP contribution < -0.4 is 14.9 Å². The monoisotopic (exact) mass is 494 g/mol. The van der Waals surface area contributed by atoms with Crippen molar-refractivity contribution in [1.82, 2.24) is 0 Å². The van der Waals surface area contributed by atoms with Crippen molar-refractivity contribution in [2.75, 3.05) is 7.11 Å². The number of hydrogen-bond acceptors (Lipinski definition) is 7. The molecule has 0 unspecified atom stereocenters. The van der Waals surface area contributed by atoms with Crippen molar-refractivity contribution in [1.29, 1.82) is 0 Å². The van der Waals surface area contributed by atoms with E-state index in [1.165, 1.54) is 18.7 Å². The van der Waals surface area contributed by atoms with Crippen molar-refractivity contribution in [2.45, 2.75) is 72.0 Å². The number of fused-ring (bicyclic) bond motifs is 3. The molecule has 4 rings (SSSR count). The molecule has 3 N–H and O–H groups in total. The topological polar surface area (TPSA) is 109 Å². The van der Waals surface area contributed by atoms with E-state index in [0.29, 0.717) is 23.3 Å². The van der Waals surface area contributed by atoms with Gasteiger partial charge >= 0.3 is 0 Å². The zero-order valence-electron chi connectivity index (χ0n) is 21.7. The lowest BCUT2D eigenvalue weighted by atomic mass is 9.89. The molecule has 36 heavy (non-hydrogen) atoms. The van der Waals surface area contributed by atoms with Gasteiger partial charge in [-0.25, -0.2) is 0 Å². The molecule has 0 saturated carbocycles. The summed E-state index contributed by atoms with van der Waals surface area (Å²) in [6.45, 7) is 9.66. The fourth-order valence-corrected chi connectivity index (χ4v) is 4.68. The Morgan fingerprint density at radius 1 is 1.14 bits per heavy atom. The third-order valence-corrected chi connectivity index (χ3v) is 6.85. The number of aromatic hydroxyl groups is 2. The maximum Gasteiger partial charge on any atom is 0.204 e. The summed E-state index contributed by atoms with van der Waals surface area (Å²) in [5.41, 5.74) is 2.28. The minimum absolute atomic E-state index is 0.00927. The number of aliphatic hydroxyl groups is 1. The van der Waals surface area contributed by atoms with Crippen LogP contribution in [0.2, 0.25) is 0 Å². The van der Waals surface area contributed by atoms with E-state index in [9.17, 15) is 20.1 Å². The van der Waals surface area contributed by atoms with Gasteiger partial charge in [-0.05, 0) is 53.9 Å². The first-order valence-corrected chi connectivity index (χ1v) is 12.1. The van der Waals surface area contributed by atoms with Gasteiger partial charge in [0.2, 0.25) is 5.43 Å². The number of methoxy groups -OCH3 is 1. The van der Waals surface area contributed by atoms with Gasteiger partial charge in [0.05, 0.1) is 18.6 Å². The highest BCUT2D eigenvalue weighted by Crippen LogP contribution is 2.44. The summed E-state index contributed by atoms with van der Waals surface area (Å²) in [6, 6.07) is 2.92. The van der Waals surface area contributed by atoms with Crippen LogP contribution in [0.15, 0.2) is 44.6 Å². The molecule has 2 aromatic carbocycles. The number of benzene rings is 2. The van der Waals surface area contributed by atoms with Crippen LogP contribution in [-0.2, 0) is 12.8 Å². The quantitative estimate of drug-likeness (QED) is 0.299. The van der Waals surface area contributed by atoms with Crippen LogP contribution in [0.4, 0.5) is 0 Å². The molecule has 0 amide bonds. The average molecular weight is 495 g/mol. The third kappa shape index (κ3) is 4.55. The Hall–Kier alpha value is -3.45. The molecule has 1 atom stereocenters. The number of ether oxygens (including phenoxy) is 2. The van der Waals surface area contributed by atoms with Crippen LogP contribution >= 0.6 is 0 Å². The molecule has 0 radical (unpaired) electrons. The number of rotatable bonds is 6. The van der Waals surface area contributed by atoms with Crippen molar-refractivity contribution in [3.8, 4) is 23.0 Å². The molecule has 192 valence electrons. The highest BCUT2D eigenvalue weighted by atomic mass is 16.5. The second-order valence-corrected chi connectivity index (χ2v) is 10.3. The van der Waals surface area contributed by atoms with Gasteiger partial charge in [0.15, 0.2) is 11.5 Å². The maximum atomic E-state index is 13.8. The van der Waals surface area contributed by atoms with Crippen molar-refractivity contribution in [3.63, 3.8) is 0 Å². The molecule has 3 aromatic rings. The lowest BCUT2D eigenvalue weighted by Gasteiger charge is -2.37. The van der Waals surface area contributed by atoms with Gasteiger partial charge < -0.3 is 29.2 Å². The van der Waals surface area contributed by atoms with E-state index in [2.05, 4.69) is 19.9 Å². The molecule has 7 heteroatoms. The second-order valence-electron chi connectivity index (χ2n) is 10.3. The van der Waals surface area contributed by atoms with Crippen LogP contribution in [0, 0.1) is 0 Å². The fourth-order valence-electron chi connectivity index (χ4n) is 4.68. The molecule has 0 aliphatic carbocycles. The van der Waals surface area contributed by atoms with E-state index in [1.54, 1.807) is 19.9 Å². The predicted octanol–water partition coefficient (Wildman–Crippen LogP) is 5.68. The minimum Gasteiger partial charge on any atom is -0.507 e. The van der Waals surface area contributed by atoms with Crippen molar-refractivity contribution < 1.29 is 29.2 Å². The molecular weight excluding hydrogens is 460 g/mol. The van der Waals surface area contributed by atoms with Gasteiger partial charge in [0.25, 0.3) is 0 Å². The van der Waals surface area contributed by atoms with Crippen molar-refractivity contribution in [2.24, 2.45) is 0 Å². The first-order chi connectivity index (χ1) is 16.9. The molecule has 0 fully saturated rings. The average Bonchev–Trinajstić information content (AvgIpc) is 2.78. The second kappa shape index (κ2) is 9.54. The molecule has 7 nitrogen and oxygen atoms in total.